The van der Waals surface area contributed by atoms with E-state index in [1.807, 2.05) is 97.1 Å². The lowest BCUT2D eigenvalue weighted by atomic mass is 9.91. The van der Waals surface area contributed by atoms with Crippen LogP contribution in [0, 0.1) is 0 Å². The first kappa shape index (κ1) is 30.7. The molecule has 5 rings (SSSR count). The van der Waals surface area contributed by atoms with Crippen LogP contribution in [0.5, 0.6) is 0 Å². The maximum atomic E-state index is 12.0. The molecule has 0 bridgehead atoms. The van der Waals surface area contributed by atoms with Crippen LogP contribution in [0.4, 0.5) is 4.79 Å². The Labute approximate surface area is 259 Å². The Morgan fingerprint density at radius 1 is 0.659 bits per heavy atom. The van der Waals surface area contributed by atoms with Crippen LogP contribution in [0.25, 0.3) is 11.3 Å². The lowest BCUT2D eigenvalue weighted by Crippen LogP contribution is -2.48. The number of nitrogens with zero attached hydrogens (tertiary/aromatic N) is 2. The maximum absolute atomic E-state index is 12.0. The summed E-state index contributed by atoms with van der Waals surface area (Å²) in [4.78, 5) is 18.6. The summed E-state index contributed by atoms with van der Waals surface area (Å²) in [5.74, 6) is 0. The number of carbonyl (C=O) groups is 1. The summed E-state index contributed by atoms with van der Waals surface area (Å²) in [6.07, 6.45) is 1.22. The van der Waals surface area contributed by atoms with E-state index in [9.17, 15) is 15.0 Å². The number of hydrogen-bond donors (Lipinski definition) is 3. The summed E-state index contributed by atoms with van der Waals surface area (Å²) in [6.45, 7) is 1.30. The van der Waals surface area contributed by atoms with Gasteiger partial charge >= 0.3 is 6.09 Å². The molecular formula is C38H39N3O3. The molecule has 0 saturated heterocycles. The number of aromatic nitrogens is 1. The highest BCUT2D eigenvalue weighted by Crippen LogP contribution is 2.23. The third-order valence-corrected chi connectivity index (χ3v) is 7.91. The number of aliphatic hydroxyl groups is 1. The molecule has 4 aromatic carbocycles. The molecule has 224 valence electrons. The highest BCUT2D eigenvalue weighted by Gasteiger charge is 2.30. The molecular weight excluding hydrogens is 546 g/mol. The van der Waals surface area contributed by atoms with E-state index in [0.717, 1.165) is 33.5 Å². The molecule has 0 unspecified atom stereocenters. The highest BCUT2D eigenvalue weighted by molar-refractivity contribution is 5.65. The summed E-state index contributed by atoms with van der Waals surface area (Å²) in [6, 6.07) is 43.8. The molecule has 0 aliphatic rings. The zero-order valence-electron chi connectivity index (χ0n) is 24.7. The minimum atomic E-state index is -1.10. The monoisotopic (exact) mass is 585 g/mol. The number of pyridine rings is 1. The lowest BCUT2D eigenvalue weighted by molar-refractivity contribution is 0.0280. The van der Waals surface area contributed by atoms with Crippen molar-refractivity contribution in [3.8, 4) is 11.3 Å². The van der Waals surface area contributed by atoms with Crippen LogP contribution in [0.2, 0.25) is 0 Å². The van der Waals surface area contributed by atoms with Crippen LogP contribution < -0.4 is 5.32 Å². The van der Waals surface area contributed by atoms with Crippen molar-refractivity contribution in [1.82, 2.24) is 15.2 Å². The number of benzene rings is 4. The number of aliphatic hydroxyl groups excluding tert-OH is 1. The molecule has 6 heteroatoms. The topological polar surface area (TPSA) is 85.7 Å². The molecule has 0 fully saturated rings. The van der Waals surface area contributed by atoms with Gasteiger partial charge in [0.1, 0.15) is 0 Å². The van der Waals surface area contributed by atoms with E-state index in [1.54, 1.807) is 6.20 Å². The molecule has 0 aliphatic carbocycles. The molecule has 0 radical (unpaired) electrons. The van der Waals surface area contributed by atoms with Crippen LogP contribution in [0.15, 0.2) is 140 Å². The molecule has 5 aromatic rings. The van der Waals surface area contributed by atoms with Gasteiger partial charge in [-0.05, 0) is 53.6 Å². The van der Waals surface area contributed by atoms with Crippen molar-refractivity contribution in [3.05, 3.63) is 162 Å². The molecule has 0 spiro atoms. The van der Waals surface area contributed by atoms with Crippen molar-refractivity contribution in [2.75, 3.05) is 0 Å². The first-order valence-electron chi connectivity index (χ1n) is 15.1. The Hall–Kier alpha value is -4.78. The van der Waals surface area contributed by atoms with Crippen LogP contribution in [0.3, 0.4) is 0 Å². The van der Waals surface area contributed by atoms with Crippen molar-refractivity contribution in [3.63, 3.8) is 0 Å². The predicted octanol–water partition coefficient (Wildman–Crippen LogP) is 6.99. The standard InChI is InChI=1S/C38H39N3O3/c42-37(26-34(40-38(43)44)24-30-19-21-33(22-20-30)35-18-10-11-23-39-35)36(25-29-12-4-1-5-13-29)41(27-31-14-6-2-7-15-31)28-32-16-8-3-9-17-32/h1-23,34,36-37,40,42H,24-28H2,(H,43,44)/t34-,36-,37-/m0/s1. The van der Waals surface area contributed by atoms with Crippen molar-refractivity contribution >= 4 is 6.09 Å². The van der Waals surface area contributed by atoms with Crippen LogP contribution in [-0.4, -0.2) is 44.4 Å². The van der Waals surface area contributed by atoms with Gasteiger partial charge in [0.05, 0.1) is 11.8 Å². The molecule has 3 N–H and O–H groups in total. The summed E-state index contributed by atoms with van der Waals surface area (Å²) >= 11 is 0. The molecule has 1 aromatic heterocycles. The number of carboxylic acid groups (broad SMARTS) is 1. The Morgan fingerprint density at radius 3 is 1.70 bits per heavy atom. The average Bonchev–Trinajstić information content (AvgIpc) is 3.05. The van der Waals surface area contributed by atoms with Gasteiger partial charge in [0.15, 0.2) is 0 Å². The second-order valence-electron chi connectivity index (χ2n) is 11.2. The molecule has 0 aliphatic heterocycles. The normalized spacial score (nSPS) is 13.2. The molecule has 1 amide bonds. The fourth-order valence-electron chi connectivity index (χ4n) is 5.74. The number of rotatable bonds is 14. The van der Waals surface area contributed by atoms with E-state index in [-0.39, 0.29) is 12.5 Å². The van der Waals surface area contributed by atoms with Gasteiger partial charge in [-0.1, -0.05) is 121 Å². The minimum Gasteiger partial charge on any atom is -0.465 e. The van der Waals surface area contributed by atoms with Crippen molar-refractivity contribution < 1.29 is 15.0 Å². The molecule has 44 heavy (non-hydrogen) atoms. The van der Waals surface area contributed by atoms with Gasteiger partial charge in [0, 0.05) is 36.9 Å². The van der Waals surface area contributed by atoms with Crippen LogP contribution >= 0.6 is 0 Å². The van der Waals surface area contributed by atoms with E-state index in [0.29, 0.717) is 25.9 Å². The Bertz CT molecular complexity index is 1510. The zero-order valence-corrected chi connectivity index (χ0v) is 24.7. The molecule has 1 heterocycles. The maximum Gasteiger partial charge on any atom is 0.404 e. The smallest absolute Gasteiger partial charge is 0.404 e. The van der Waals surface area contributed by atoms with Crippen LogP contribution in [-0.2, 0) is 25.9 Å². The van der Waals surface area contributed by atoms with Gasteiger partial charge in [-0.2, -0.15) is 0 Å². The van der Waals surface area contributed by atoms with Gasteiger partial charge in [0.2, 0.25) is 0 Å². The largest absolute Gasteiger partial charge is 0.465 e. The fraction of sp³-hybridized carbons (Fsp3) is 0.211. The summed E-state index contributed by atoms with van der Waals surface area (Å²) in [7, 11) is 0. The van der Waals surface area contributed by atoms with Crippen molar-refractivity contribution in [2.24, 2.45) is 0 Å². The average molecular weight is 586 g/mol. The number of hydrogen-bond acceptors (Lipinski definition) is 4. The van der Waals surface area contributed by atoms with Crippen LogP contribution in [0.1, 0.15) is 28.7 Å². The number of nitrogens with one attached hydrogen (secondary N) is 1. The second kappa shape index (κ2) is 15.6. The van der Waals surface area contributed by atoms with Crippen molar-refractivity contribution in [1.29, 1.82) is 0 Å². The second-order valence-corrected chi connectivity index (χ2v) is 11.2. The Balaban J connectivity index is 1.40. The van der Waals surface area contributed by atoms with Gasteiger partial charge in [-0.15, -0.1) is 0 Å². The van der Waals surface area contributed by atoms with Gasteiger partial charge in [0.25, 0.3) is 0 Å². The third-order valence-electron chi connectivity index (χ3n) is 7.91. The first-order valence-corrected chi connectivity index (χ1v) is 15.1. The number of amides is 1. The molecule has 3 atom stereocenters. The first-order chi connectivity index (χ1) is 21.5. The summed E-state index contributed by atoms with van der Waals surface area (Å²) in [5.41, 5.74) is 6.30. The highest BCUT2D eigenvalue weighted by atomic mass is 16.4. The van der Waals surface area contributed by atoms with E-state index in [1.165, 1.54) is 0 Å². The minimum absolute atomic E-state index is 0.262. The van der Waals surface area contributed by atoms with E-state index in [2.05, 4.69) is 51.6 Å². The lowest BCUT2D eigenvalue weighted by Gasteiger charge is -2.37. The van der Waals surface area contributed by atoms with Gasteiger partial charge < -0.3 is 15.5 Å². The van der Waals surface area contributed by atoms with E-state index < -0.39 is 18.2 Å². The Kier molecular flexibility index (Phi) is 10.9. The van der Waals surface area contributed by atoms with Gasteiger partial charge in [-0.3, -0.25) is 9.88 Å². The van der Waals surface area contributed by atoms with E-state index in [4.69, 9.17) is 0 Å². The fourth-order valence-corrected chi connectivity index (χ4v) is 5.74. The summed E-state index contributed by atoms with van der Waals surface area (Å²) < 4.78 is 0. The van der Waals surface area contributed by atoms with E-state index >= 15 is 0 Å². The predicted molar refractivity (Wildman–Crippen MR) is 175 cm³/mol. The zero-order chi connectivity index (χ0) is 30.6. The third kappa shape index (κ3) is 9.11. The summed E-state index contributed by atoms with van der Waals surface area (Å²) in [5, 5.41) is 24.4. The molecule has 6 nitrogen and oxygen atoms in total. The Morgan fingerprint density at radius 2 is 1.18 bits per heavy atom. The SMILES string of the molecule is O=C(O)N[C@@H](Cc1ccc(-c2ccccn2)cc1)C[C@H](O)[C@H](Cc1ccccc1)N(Cc1ccccc1)Cc1ccccc1. The quantitative estimate of drug-likeness (QED) is 0.131. The molecule has 0 saturated carbocycles. The van der Waals surface area contributed by atoms with Crippen molar-refractivity contribution in [2.45, 2.75) is 50.5 Å². The van der Waals surface area contributed by atoms with Gasteiger partial charge in [-0.25, -0.2) is 4.79 Å².